The molecule has 1 spiro atoms. The van der Waals surface area contributed by atoms with Gasteiger partial charge in [-0.1, -0.05) is 12.2 Å². The van der Waals surface area contributed by atoms with E-state index in [9.17, 15) is 0 Å². The molecule has 0 aromatic heterocycles. The second-order valence-electron chi connectivity index (χ2n) is 3.19. The Morgan fingerprint density at radius 2 is 2.00 bits per heavy atom. The van der Waals surface area contributed by atoms with Crippen molar-refractivity contribution < 1.29 is 0 Å². The number of rotatable bonds is 0. The summed E-state index contributed by atoms with van der Waals surface area (Å²) in [5.41, 5.74) is 0.528. The van der Waals surface area contributed by atoms with Crippen molar-refractivity contribution in [3.8, 4) is 0 Å². The molecule has 1 fully saturated rings. The maximum Gasteiger partial charge on any atom is 0.0250 e. The van der Waals surface area contributed by atoms with Gasteiger partial charge in [0.1, 0.15) is 0 Å². The maximum absolute atomic E-state index is 3.57. The van der Waals surface area contributed by atoms with Crippen LogP contribution in [-0.4, -0.2) is 12.1 Å². The first-order chi connectivity index (χ1) is 4.41. The molecule has 0 bridgehead atoms. The van der Waals surface area contributed by atoms with E-state index in [1.165, 1.54) is 32.2 Å². The second-order valence-corrected chi connectivity index (χ2v) is 3.19. The average Bonchev–Trinajstić information content (AvgIpc) is 2.45. The van der Waals surface area contributed by atoms with E-state index < -0.39 is 0 Å². The minimum absolute atomic E-state index is 0.528. The average molecular weight is 123 g/mol. The first-order valence-corrected chi connectivity index (χ1v) is 3.81. The predicted molar refractivity (Wildman–Crippen MR) is 38.3 cm³/mol. The van der Waals surface area contributed by atoms with Crippen LogP contribution in [-0.2, 0) is 0 Å². The van der Waals surface area contributed by atoms with Gasteiger partial charge in [0.25, 0.3) is 0 Å². The monoisotopic (exact) mass is 123 g/mol. The van der Waals surface area contributed by atoms with Crippen molar-refractivity contribution in [2.75, 3.05) is 6.54 Å². The molecule has 0 radical (unpaired) electrons. The van der Waals surface area contributed by atoms with E-state index in [-0.39, 0.29) is 0 Å². The number of hydrogen-bond acceptors (Lipinski definition) is 1. The molecule has 1 heteroatoms. The summed E-state index contributed by atoms with van der Waals surface area (Å²) in [4.78, 5) is 0. The minimum Gasteiger partial charge on any atom is -0.311 e. The predicted octanol–water partition coefficient (Wildman–Crippen LogP) is 1.46. The van der Waals surface area contributed by atoms with Gasteiger partial charge in [0.2, 0.25) is 0 Å². The summed E-state index contributed by atoms with van der Waals surface area (Å²) in [6, 6.07) is 0. The molecule has 50 valence electrons. The number of hydrogen-bond donors (Lipinski definition) is 1. The molecule has 1 aliphatic heterocycles. The summed E-state index contributed by atoms with van der Waals surface area (Å²) in [6.07, 6.45) is 9.91. The third-order valence-electron chi connectivity index (χ3n) is 2.52. The van der Waals surface area contributed by atoms with Gasteiger partial charge < -0.3 is 5.32 Å². The highest BCUT2D eigenvalue weighted by atomic mass is 15.0. The van der Waals surface area contributed by atoms with Gasteiger partial charge in [0.05, 0.1) is 0 Å². The molecule has 0 atom stereocenters. The zero-order valence-electron chi connectivity index (χ0n) is 5.69. The standard InChI is InChI=1S/C8H13N/c1-2-5-8(4-1)6-3-7-9-8/h1-2,9H,3-7H2. The third kappa shape index (κ3) is 0.799. The topological polar surface area (TPSA) is 12.0 Å². The first-order valence-electron chi connectivity index (χ1n) is 3.81. The van der Waals surface area contributed by atoms with Crippen molar-refractivity contribution in [1.29, 1.82) is 0 Å². The molecule has 1 aliphatic carbocycles. The van der Waals surface area contributed by atoms with E-state index in [0.29, 0.717) is 5.54 Å². The highest BCUT2D eigenvalue weighted by molar-refractivity contribution is 5.10. The molecule has 1 N–H and O–H groups in total. The summed E-state index contributed by atoms with van der Waals surface area (Å²) in [7, 11) is 0. The molecule has 1 nitrogen and oxygen atoms in total. The van der Waals surface area contributed by atoms with Crippen LogP contribution in [0.1, 0.15) is 25.7 Å². The maximum atomic E-state index is 3.57. The van der Waals surface area contributed by atoms with Gasteiger partial charge in [0.15, 0.2) is 0 Å². The lowest BCUT2D eigenvalue weighted by Gasteiger charge is -2.22. The van der Waals surface area contributed by atoms with E-state index >= 15 is 0 Å². The Morgan fingerprint density at radius 3 is 2.56 bits per heavy atom. The van der Waals surface area contributed by atoms with Gasteiger partial charge in [-0.15, -0.1) is 0 Å². The van der Waals surface area contributed by atoms with Crippen molar-refractivity contribution in [3.63, 3.8) is 0 Å². The van der Waals surface area contributed by atoms with Crippen molar-refractivity contribution in [1.82, 2.24) is 5.32 Å². The zero-order valence-corrected chi connectivity index (χ0v) is 5.69. The highest BCUT2D eigenvalue weighted by Gasteiger charge is 2.32. The van der Waals surface area contributed by atoms with Gasteiger partial charge in [-0.2, -0.15) is 0 Å². The van der Waals surface area contributed by atoms with Crippen molar-refractivity contribution in [2.24, 2.45) is 0 Å². The second kappa shape index (κ2) is 1.84. The van der Waals surface area contributed by atoms with E-state index in [2.05, 4.69) is 17.5 Å². The third-order valence-corrected chi connectivity index (χ3v) is 2.52. The molecule has 1 heterocycles. The fourth-order valence-corrected chi connectivity index (χ4v) is 1.92. The molecule has 9 heavy (non-hydrogen) atoms. The lowest BCUT2D eigenvalue weighted by atomic mass is 9.95. The van der Waals surface area contributed by atoms with Gasteiger partial charge in [-0.05, 0) is 32.2 Å². The molecule has 0 unspecified atom stereocenters. The van der Waals surface area contributed by atoms with Crippen LogP contribution in [0.25, 0.3) is 0 Å². The normalized spacial score (nSPS) is 30.2. The van der Waals surface area contributed by atoms with Crippen LogP contribution in [0, 0.1) is 0 Å². The quantitative estimate of drug-likeness (QED) is 0.481. The van der Waals surface area contributed by atoms with Crippen LogP contribution in [0.15, 0.2) is 12.2 Å². The molecule has 2 aliphatic rings. The summed E-state index contributed by atoms with van der Waals surface area (Å²) in [5.74, 6) is 0. The lowest BCUT2D eigenvalue weighted by Crippen LogP contribution is -2.36. The Morgan fingerprint density at radius 1 is 1.22 bits per heavy atom. The van der Waals surface area contributed by atoms with Crippen LogP contribution >= 0.6 is 0 Å². The smallest absolute Gasteiger partial charge is 0.0250 e. The molecular weight excluding hydrogens is 110 g/mol. The Hall–Kier alpha value is -0.300. The summed E-state index contributed by atoms with van der Waals surface area (Å²) < 4.78 is 0. The summed E-state index contributed by atoms with van der Waals surface area (Å²) in [5, 5.41) is 3.57. The lowest BCUT2D eigenvalue weighted by molar-refractivity contribution is 0.403. The molecule has 1 saturated heterocycles. The van der Waals surface area contributed by atoms with Crippen molar-refractivity contribution in [3.05, 3.63) is 12.2 Å². The van der Waals surface area contributed by atoms with E-state index in [0.717, 1.165) is 0 Å². The summed E-state index contributed by atoms with van der Waals surface area (Å²) in [6.45, 7) is 1.24. The Balaban J connectivity index is 2.07. The Labute approximate surface area is 56.1 Å². The summed E-state index contributed by atoms with van der Waals surface area (Å²) >= 11 is 0. The van der Waals surface area contributed by atoms with Crippen LogP contribution in [0.4, 0.5) is 0 Å². The minimum atomic E-state index is 0.528. The molecule has 2 rings (SSSR count). The highest BCUT2D eigenvalue weighted by Crippen LogP contribution is 2.31. The van der Waals surface area contributed by atoms with E-state index in [1.54, 1.807) is 0 Å². The van der Waals surface area contributed by atoms with Gasteiger partial charge in [-0.25, -0.2) is 0 Å². The fourth-order valence-electron chi connectivity index (χ4n) is 1.92. The van der Waals surface area contributed by atoms with E-state index in [1.807, 2.05) is 0 Å². The van der Waals surface area contributed by atoms with Crippen LogP contribution in [0.5, 0.6) is 0 Å². The largest absolute Gasteiger partial charge is 0.311 e. The Bertz CT molecular complexity index is 122. The Kier molecular flexibility index (Phi) is 1.12. The fraction of sp³-hybridized carbons (Fsp3) is 0.750. The van der Waals surface area contributed by atoms with Crippen LogP contribution in [0.2, 0.25) is 0 Å². The van der Waals surface area contributed by atoms with Gasteiger partial charge >= 0.3 is 0 Å². The molecular formula is C8H13N. The van der Waals surface area contributed by atoms with E-state index in [4.69, 9.17) is 0 Å². The van der Waals surface area contributed by atoms with Crippen molar-refractivity contribution in [2.45, 2.75) is 31.2 Å². The van der Waals surface area contributed by atoms with Crippen LogP contribution < -0.4 is 5.32 Å². The van der Waals surface area contributed by atoms with Gasteiger partial charge in [-0.3, -0.25) is 0 Å². The molecule has 0 amide bonds. The van der Waals surface area contributed by atoms with Crippen molar-refractivity contribution >= 4 is 0 Å². The molecule has 0 aromatic carbocycles. The van der Waals surface area contributed by atoms with Gasteiger partial charge in [0, 0.05) is 5.54 Å². The molecule has 0 aromatic rings. The molecule has 0 saturated carbocycles. The van der Waals surface area contributed by atoms with Crippen LogP contribution in [0.3, 0.4) is 0 Å². The SMILES string of the molecule is C1=CCC2(C1)CCCN2. The number of nitrogens with one attached hydrogen (secondary N) is 1. The first kappa shape index (κ1) is 5.48. The zero-order chi connectivity index (χ0) is 6.16.